The number of rotatable bonds is 8. The lowest BCUT2D eigenvalue weighted by Gasteiger charge is -2.28. The van der Waals surface area contributed by atoms with Gasteiger partial charge < -0.3 is 20.1 Å². The molecule has 0 radical (unpaired) electrons. The Labute approximate surface area is 133 Å². The van der Waals surface area contributed by atoms with E-state index in [9.17, 15) is 19.2 Å². The molecule has 1 aliphatic rings. The van der Waals surface area contributed by atoms with Crippen LogP contribution in [-0.4, -0.2) is 62.1 Å². The van der Waals surface area contributed by atoms with E-state index >= 15 is 0 Å². The van der Waals surface area contributed by atoms with Gasteiger partial charge in [0.15, 0.2) is 0 Å². The van der Waals surface area contributed by atoms with E-state index < -0.39 is 62.1 Å². The van der Waals surface area contributed by atoms with Crippen molar-refractivity contribution in [3.63, 3.8) is 0 Å². The molecule has 128 valence electrons. The number of hydrogen-bond acceptors (Lipinski definition) is 8. The molecule has 2 amide bonds. The molecule has 24 heavy (non-hydrogen) atoms. The maximum Gasteiger partial charge on any atom is 0.311 e. The first-order valence-electron chi connectivity index (χ1n) is 6.41. The zero-order chi connectivity index (χ0) is 17.9. The maximum atomic E-state index is 11.8. The number of esters is 2. The monoisotopic (exact) mass is 340 g/mol. The number of azide groups is 2. The van der Waals surface area contributed by atoms with Crippen molar-refractivity contribution < 1.29 is 28.7 Å². The zero-order valence-electron chi connectivity index (χ0n) is 12.1. The van der Waals surface area contributed by atoms with E-state index in [-0.39, 0.29) is 0 Å². The van der Waals surface area contributed by atoms with Crippen molar-refractivity contribution >= 4 is 23.8 Å². The zero-order valence-corrected chi connectivity index (χ0v) is 12.1. The van der Waals surface area contributed by atoms with Gasteiger partial charge in [-0.25, -0.2) is 0 Å². The van der Waals surface area contributed by atoms with E-state index in [1.807, 2.05) is 0 Å². The minimum atomic E-state index is -1.12. The molecule has 0 unspecified atom stereocenters. The second-order valence-electron chi connectivity index (χ2n) is 4.27. The van der Waals surface area contributed by atoms with Gasteiger partial charge in [-0.3, -0.25) is 19.2 Å². The first-order chi connectivity index (χ1) is 11.5. The second-order valence-corrected chi connectivity index (χ2v) is 4.27. The molecule has 1 saturated heterocycles. The van der Waals surface area contributed by atoms with Crippen LogP contribution in [0.15, 0.2) is 10.2 Å². The molecule has 0 spiro atoms. The first-order valence-corrected chi connectivity index (χ1v) is 6.41. The van der Waals surface area contributed by atoms with Gasteiger partial charge in [-0.2, -0.15) is 0 Å². The summed E-state index contributed by atoms with van der Waals surface area (Å²) in [6.07, 6.45) is 0. The highest BCUT2D eigenvalue weighted by Gasteiger charge is 2.35. The molecule has 0 aliphatic carbocycles. The summed E-state index contributed by atoms with van der Waals surface area (Å²) in [5.41, 5.74) is 16.1. The minimum absolute atomic E-state index is 0.444. The number of nitrogens with zero attached hydrogens (tertiary/aromatic N) is 6. The third-order valence-electron chi connectivity index (χ3n) is 2.61. The smallest absolute Gasteiger partial charge is 0.311 e. The molecule has 0 aromatic heterocycles. The van der Waals surface area contributed by atoms with Crippen molar-refractivity contribution in [3.05, 3.63) is 20.9 Å². The summed E-state index contributed by atoms with van der Waals surface area (Å²) in [6.45, 7) is -1.97. The molecule has 2 N–H and O–H groups in total. The van der Waals surface area contributed by atoms with E-state index in [0.717, 1.165) is 0 Å². The molecule has 0 aromatic rings. The third kappa shape index (κ3) is 6.09. The van der Waals surface area contributed by atoms with Crippen molar-refractivity contribution in [2.24, 2.45) is 10.2 Å². The van der Waals surface area contributed by atoms with Crippen molar-refractivity contribution in [1.82, 2.24) is 10.6 Å². The van der Waals surface area contributed by atoms with E-state index in [1.165, 1.54) is 0 Å². The van der Waals surface area contributed by atoms with Crippen LogP contribution in [0.4, 0.5) is 0 Å². The molecular formula is C10H12N8O6. The summed E-state index contributed by atoms with van der Waals surface area (Å²) < 4.78 is 9.34. The van der Waals surface area contributed by atoms with Crippen LogP contribution in [0, 0.1) is 0 Å². The van der Waals surface area contributed by atoms with E-state index in [4.69, 9.17) is 11.1 Å². The molecule has 1 heterocycles. The third-order valence-corrected chi connectivity index (χ3v) is 2.61. The van der Waals surface area contributed by atoms with Gasteiger partial charge in [-0.1, -0.05) is 10.2 Å². The summed E-state index contributed by atoms with van der Waals surface area (Å²) >= 11 is 0. The molecule has 14 heteroatoms. The molecular weight excluding hydrogens is 328 g/mol. The van der Waals surface area contributed by atoms with Crippen LogP contribution in [-0.2, 0) is 28.7 Å². The minimum Gasteiger partial charge on any atom is -0.463 e. The number of nitrogens with one attached hydrogen (secondary N) is 2. The van der Waals surface area contributed by atoms with Gasteiger partial charge in [-0.15, -0.1) is 0 Å². The number of piperazine rings is 1. The summed E-state index contributed by atoms with van der Waals surface area (Å²) in [5, 5.41) is 10.5. The highest BCUT2D eigenvalue weighted by molar-refractivity contribution is 5.97. The Hall–Kier alpha value is -3.50. The van der Waals surface area contributed by atoms with Crippen LogP contribution < -0.4 is 10.6 Å². The van der Waals surface area contributed by atoms with Crippen molar-refractivity contribution in [2.75, 3.05) is 26.3 Å². The summed E-state index contributed by atoms with van der Waals surface area (Å²) in [7, 11) is 0. The Morgan fingerprint density at radius 1 is 0.917 bits per heavy atom. The Morgan fingerprint density at radius 2 is 1.29 bits per heavy atom. The molecule has 0 saturated carbocycles. The van der Waals surface area contributed by atoms with Gasteiger partial charge in [0.1, 0.15) is 38.4 Å². The fraction of sp³-hybridized carbons (Fsp3) is 0.600. The fourth-order valence-electron chi connectivity index (χ4n) is 1.53. The van der Waals surface area contributed by atoms with Crippen molar-refractivity contribution in [1.29, 1.82) is 0 Å². The van der Waals surface area contributed by atoms with Crippen LogP contribution in [0.25, 0.3) is 20.9 Å². The maximum absolute atomic E-state index is 11.8. The van der Waals surface area contributed by atoms with E-state index in [0.29, 0.717) is 0 Å². The Kier molecular flexibility index (Phi) is 7.34. The van der Waals surface area contributed by atoms with Crippen molar-refractivity contribution in [2.45, 2.75) is 12.1 Å². The topological polar surface area (TPSA) is 208 Å². The lowest BCUT2D eigenvalue weighted by molar-refractivity contribution is -0.150. The lowest BCUT2D eigenvalue weighted by Crippen LogP contribution is -2.64. The lowest BCUT2D eigenvalue weighted by atomic mass is 10.1. The Morgan fingerprint density at radius 3 is 1.62 bits per heavy atom. The molecule has 0 aromatic carbocycles. The summed E-state index contributed by atoms with van der Waals surface area (Å²) in [5.74, 6) is -3.02. The van der Waals surface area contributed by atoms with Crippen molar-refractivity contribution in [3.8, 4) is 0 Å². The average molecular weight is 340 g/mol. The summed E-state index contributed by atoms with van der Waals surface area (Å²) in [4.78, 5) is 50.6. The highest BCUT2D eigenvalue weighted by atomic mass is 16.5. The second kappa shape index (κ2) is 9.50. The molecule has 0 bridgehead atoms. The van der Waals surface area contributed by atoms with Gasteiger partial charge in [-0.05, 0) is 11.1 Å². The number of amides is 2. The largest absolute Gasteiger partial charge is 0.463 e. The molecule has 1 rings (SSSR count). The van der Waals surface area contributed by atoms with Gasteiger partial charge >= 0.3 is 11.9 Å². The van der Waals surface area contributed by atoms with Gasteiger partial charge in [0.2, 0.25) is 11.8 Å². The number of carbonyl (C=O) groups excluding carboxylic acids is 4. The standard InChI is InChI=1S/C10H12N8O6/c11-17-13-1-7(19)23-3-5-9(21)16-6(10(22)15-5)4-24-8(20)2-14-18-12/h5-6H,1-4H2,(H,15,22)(H,16,21)/t5-,6+. The van der Waals surface area contributed by atoms with Gasteiger partial charge in [0, 0.05) is 9.82 Å². The number of hydrogen-bond donors (Lipinski definition) is 2. The predicted molar refractivity (Wildman–Crippen MR) is 73.8 cm³/mol. The normalized spacial score (nSPS) is 19.0. The Balaban J connectivity index is 2.43. The van der Waals surface area contributed by atoms with Crippen LogP contribution in [0.5, 0.6) is 0 Å². The van der Waals surface area contributed by atoms with Crippen LogP contribution in [0.2, 0.25) is 0 Å². The SMILES string of the molecule is [N-]=[N+]=NCC(=O)OC[C@@H]1NC(=O)[C@@H](COC(=O)CN=[N+]=[N-])NC1=O. The average Bonchev–Trinajstić information content (AvgIpc) is 2.57. The van der Waals surface area contributed by atoms with Crippen LogP contribution >= 0.6 is 0 Å². The van der Waals surface area contributed by atoms with Crippen LogP contribution in [0.1, 0.15) is 0 Å². The molecule has 2 atom stereocenters. The van der Waals surface area contributed by atoms with Crippen LogP contribution in [0.3, 0.4) is 0 Å². The summed E-state index contributed by atoms with van der Waals surface area (Å²) in [6, 6.07) is -2.25. The highest BCUT2D eigenvalue weighted by Crippen LogP contribution is 2.00. The molecule has 1 aliphatic heterocycles. The fourth-order valence-corrected chi connectivity index (χ4v) is 1.53. The predicted octanol–water partition coefficient (Wildman–Crippen LogP) is -1.32. The van der Waals surface area contributed by atoms with Gasteiger partial charge in [0.25, 0.3) is 0 Å². The van der Waals surface area contributed by atoms with E-state index in [2.05, 4.69) is 40.2 Å². The molecule has 1 fully saturated rings. The Bertz CT molecular complexity index is 569. The number of carbonyl (C=O) groups is 4. The van der Waals surface area contributed by atoms with Gasteiger partial charge in [0.05, 0.1) is 0 Å². The quantitative estimate of drug-likeness (QED) is 0.236. The number of ether oxygens (including phenoxy) is 2. The first kappa shape index (κ1) is 18.5. The molecule has 14 nitrogen and oxygen atoms in total. The van der Waals surface area contributed by atoms with E-state index in [1.54, 1.807) is 0 Å².